The number of aryl methyl sites for hydroxylation is 1. The van der Waals surface area contributed by atoms with E-state index in [1.54, 1.807) is 25.1 Å². The average molecular weight is 355 g/mol. The largest absolute Gasteiger partial charge is 0.302 e. The topological polar surface area (TPSA) is 43.7 Å². The van der Waals surface area contributed by atoms with E-state index in [9.17, 15) is 18.0 Å². The number of aromatic nitrogens is 3. The molecule has 0 bridgehead atoms. The van der Waals surface area contributed by atoms with E-state index in [0.717, 1.165) is 9.96 Å². The minimum Gasteiger partial charge on any atom is -0.282 e. The van der Waals surface area contributed by atoms with Gasteiger partial charge in [-0.1, -0.05) is 11.6 Å². The number of alkyl halides is 2. The molecule has 2 aromatic heterocycles. The first-order valence-electron chi connectivity index (χ1n) is 6.49. The number of hydrogen-bond donors (Lipinski definition) is 0. The van der Waals surface area contributed by atoms with E-state index in [2.05, 4.69) is 9.83 Å². The molecule has 24 heavy (non-hydrogen) atoms. The highest BCUT2D eigenvalue weighted by atomic mass is 35.5. The molecule has 0 atom stereocenters. The van der Waals surface area contributed by atoms with Gasteiger partial charge in [0.15, 0.2) is 0 Å². The monoisotopic (exact) mass is 354 g/mol. The van der Waals surface area contributed by atoms with Crippen LogP contribution in [-0.4, -0.2) is 20.9 Å². The highest BCUT2D eigenvalue weighted by molar-refractivity contribution is 6.31. The molecule has 0 amide bonds. The predicted octanol–water partition coefficient (Wildman–Crippen LogP) is 4.02. The van der Waals surface area contributed by atoms with Crippen molar-refractivity contribution in [2.45, 2.75) is 6.92 Å². The smallest absolute Gasteiger partial charge is 0.282 e. The molecule has 0 spiro atoms. The van der Waals surface area contributed by atoms with Gasteiger partial charge in [-0.3, -0.25) is 13.8 Å². The lowest BCUT2D eigenvalue weighted by Gasteiger charge is -2.11. The molecular formula is C15H10ClF3N4O. The van der Waals surface area contributed by atoms with E-state index in [0.29, 0.717) is 10.7 Å². The summed E-state index contributed by atoms with van der Waals surface area (Å²) < 4.78 is 35.6. The second kappa shape index (κ2) is 7.19. The zero-order valence-electron chi connectivity index (χ0n) is 12.3. The summed E-state index contributed by atoms with van der Waals surface area (Å²) in [5, 5.41) is 0.554. The first-order chi connectivity index (χ1) is 11.5. The molecule has 0 aliphatic rings. The fraction of sp³-hybridized carbons (Fsp3) is 0.133. The van der Waals surface area contributed by atoms with E-state index < -0.39 is 24.1 Å². The van der Waals surface area contributed by atoms with Crippen LogP contribution < -0.4 is 5.56 Å². The third-order valence-corrected chi connectivity index (χ3v) is 3.57. The normalized spacial score (nSPS) is 10.2. The van der Waals surface area contributed by atoms with Crippen molar-refractivity contribution in [1.29, 1.82) is 0 Å². The maximum absolute atomic E-state index is 14.1. The van der Waals surface area contributed by atoms with Crippen molar-refractivity contribution < 1.29 is 13.2 Å². The summed E-state index contributed by atoms with van der Waals surface area (Å²) in [6, 6.07) is 4.94. The lowest BCUT2D eigenvalue weighted by atomic mass is 10.2. The van der Waals surface area contributed by atoms with Crippen molar-refractivity contribution in [2.75, 3.05) is 6.93 Å². The number of hydrogen-bond acceptors (Lipinski definition) is 2. The van der Waals surface area contributed by atoms with Gasteiger partial charge in [0.25, 0.3) is 5.56 Å². The Balaban J connectivity index is 0.000000647. The molecule has 0 saturated carbocycles. The van der Waals surface area contributed by atoms with Gasteiger partial charge in [0.1, 0.15) is 0 Å². The Kier molecular flexibility index (Phi) is 5.26. The molecule has 0 radical (unpaired) electrons. The molecule has 2 heterocycles. The van der Waals surface area contributed by atoms with Crippen LogP contribution in [0.2, 0.25) is 5.02 Å². The maximum Gasteiger partial charge on any atom is 0.302 e. The summed E-state index contributed by atoms with van der Waals surface area (Å²) in [6.45, 7) is 7.05. The second-order valence-corrected chi connectivity index (χ2v) is 4.93. The van der Waals surface area contributed by atoms with Crippen LogP contribution >= 0.6 is 11.6 Å². The minimum atomic E-state index is -1.75. The fourth-order valence-electron chi connectivity index (χ4n) is 2.11. The van der Waals surface area contributed by atoms with Crippen LogP contribution in [0.3, 0.4) is 0 Å². The van der Waals surface area contributed by atoms with Gasteiger partial charge in [-0.25, -0.2) is 18.6 Å². The maximum atomic E-state index is 14.1. The van der Waals surface area contributed by atoms with Crippen LogP contribution in [0.5, 0.6) is 0 Å². The molecule has 0 unspecified atom stereocenters. The Morgan fingerprint density at radius 1 is 1.38 bits per heavy atom. The average Bonchev–Trinajstić information content (AvgIpc) is 3.01. The van der Waals surface area contributed by atoms with Gasteiger partial charge >= 0.3 is 5.69 Å². The van der Waals surface area contributed by atoms with Gasteiger partial charge < -0.3 is 0 Å². The van der Waals surface area contributed by atoms with Gasteiger partial charge in [-0.05, 0) is 30.7 Å². The highest BCUT2D eigenvalue weighted by Gasteiger charge is 2.19. The van der Waals surface area contributed by atoms with Crippen LogP contribution in [-0.2, 0) is 0 Å². The van der Waals surface area contributed by atoms with Crippen molar-refractivity contribution in [2.24, 2.45) is 0 Å². The van der Waals surface area contributed by atoms with E-state index in [1.165, 1.54) is 17.0 Å². The number of fused-ring (bicyclic) bond motifs is 1. The third kappa shape index (κ3) is 2.98. The molecule has 0 saturated heterocycles. The Morgan fingerprint density at radius 3 is 2.62 bits per heavy atom. The molecule has 0 fully saturated rings. The van der Waals surface area contributed by atoms with Crippen molar-refractivity contribution in [3.05, 3.63) is 68.9 Å². The summed E-state index contributed by atoms with van der Waals surface area (Å²) in [5.41, 5.74) is -0.0847. The van der Waals surface area contributed by atoms with Gasteiger partial charge in [0, 0.05) is 17.4 Å². The van der Waals surface area contributed by atoms with Crippen LogP contribution in [0.4, 0.5) is 18.9 Å². The molecule has 0 N–H and O–H groups in total. The van der Waals surface area contributed by atoms with Crippen LogP contribution in [0.25, 0.3) is 16.3 Å². The van der Waals surface area contributed by atoms with E-state index >= 15 is 0 Å². The number of halogens is 4. The van der Waals surface area contributed by atoms with Crippen molar-refractivity contribution >= 4 is 23.1 Å². The zero-order valence-corrected chi connectivity index (χ0v) is 13.1. The molecule has 3 aromatic rings. The summed E-state index contributed by atoms with van der Waals surface area (Å²) in [5.74, 6) is -0.809. The van der Waals surface area contributed by atoms with E-state index in [4.69, 9.17) is 18.2 Å². The number of imidazole rings is 1. The Labute approximate surface area is 139 Å². The van der Waals surface area contributed by atoms with Crippen molar-refractivity contribution in [1.82, 2.24) is 14.0 Å². The van der Waals surface area contributed by atoms with Gasteiger partial charge in [-0.15, -0.1) is 0 Å². The third-order valence-electron chi connectivity index (χ3n) is 3.15. The van der Waals surface area contributed by atoms with E-state index in [-0.39, 0.29) is 5.78 Å². The van der Waals surface area contributed by atoms with Gasteiger partial charge in [-0.2, -0.15) is 4.39 Å². The summed E-state index contributed by atoms with van der Waals surface area (Å²) in [4.78, 5) is 19.3. The number of nitrogens with zero attached hydrogens (tertiary/aromatic N) is 4. The molecule has 0 aliphatic heterocycles. The quantitative estimate of drug-likeness (QED) is 0.489. The van der Waals surface area contributed by atoms with E-state index in [1.807, 2.05) is 0 Å². The van der Waals surface area contributed by atoms with Crippen molar-refractivity contribution in [3.8, 4) is 5.69 Å². The molecular weight excluding hydrogens is 345 g/mol. The predicted molar refractivity (Wildman–Crippen MR) is 83.8 cm³/mol. The van der Waals surface area contributed by atoms with Crippen LogP contribution in [0, 0.1) is 19.4 Å². The Morgan fingerprint density at radius 2 is 2.04 bits per heavy atom. The molecule has 9 heteroatoms. The minimum absolute atomic E-state index is 0.103. The lowest BCUT2D eigenvalue weighted by Crippen LogP contribution is -2.22. The molecule has 3 rings (SSSR count). The van der Waals surface area contributed by atoms with Crippen molar-refractivity contribution in [3.63, 3.8) is 0 Å². The lowest BCUT2D eigenvalue weighted by molar-refractivity contribution is 0.295. The summed E-state index contributed by atoms with van der Waals surface area (Å²) in [7, 11) is 0. The first-order valence-corrected chi connectivity index (χ1v) is 6.87. The van der Waals surface area contributed by atoms with Crippen LogP contribution in [0.1, 0.15) is 5.56 Å². The van der Waals surface area contributed by atoms with Crippen LogP contribution in [0.15, 0.2) is 35.4 Å². The zero-order chi connectivity index (χ0) is 17.9. The number of benzene rings is 1. The van der Waals surface area contributed by atoms with Gasteiger partial charge in [0.05, 0.1) is 12.3 Å². The second-order valence-electron chi connectivity index (χ2n) is 4.52. The first kappa shape index (κ1) is 17.6. The molecule has 124 valence electrons. The Bertz CT molecular complexity index is 991. The fourth-order valence-corrected chi connectivity index (χ4v) is 2.23. The summed E-state index contributed by atoms with van der Waals surface area (Å²) in [6.07, 6.45) is 2.73. The molecule has 0 aliphatic carbocycles. The highest BCUT2D eigenvalue weighted by Crippen LogP contribution is 2.21. The Hall–Kier alpha value is -2.79. The standard InChI is InChI=1S/C14H8ClFN4O.CH2F2/c1-8-7-9(3-4-10(8)15)20-13(21)11(17-2)12(16)19-6-5-18-14(19)20;2-1-3/h3-7H,1H3;1H2. The molecule has 1 aromatic carbocycles. The SMILES string of the molecule is FCF.[C-]#[N+]c1c(F)n2ccnc2n(-c2ccc(Cl)c(C)c2)c1=O. The number of rotatable bonds is 1. The van der Waals surface area contributed by atoms with Gasteiger partial charge in [0.2, 0.25) is 18.7 Å². The molecule has 5 nitrogen and oxygen atoms in total. The summed E-state index contributed by atoms with van der Waals surface area (Å²) >= 11 is 5.97.